The third-order valence-electron chi connectivity index (χ3n) is 5.10. The van der Waals surface area contributed by atoms with Gasteiger partial charge in [-0.1, -0.05) is 23.2 Å². The quantitative estimate of drug-likeness (QED) is 0.431. The first-order valence-corrected chi connectivity index (χ1v) is 11.2. The van der Waals surface area contributed by atoms with Gasteiger partial charge in [0.25, 0.3) is 11.8 Å². The molecule has 1 aromatic carbocycles. The van der Waals surface area contributed by atoms with Crippen molar-refractivity contribution in [2.24, 2.45) is 0 Å². The minimum Gasteiger partial charge on any atom is -0.349 e. The molecule has 1 aliphatic rings. The first-order chi connectivity index (χ1) is 16.9. The molecule has 2 aromatic heterocycles. The molecule has 1 saturated carbocycles. The Hall–Kier alpha value is -3.64. The molecule has 0 spiro atoms. The zero-order valence-corrected chi connectivity index (χ0v) is 19.9. The van der Waals surface area contributed by atoms with Crippen LogP contribution in [-0.4, -0.2) is 38.7 Å². The Balaban J connectivity index is 1.61. The van der Waals surface area contributed by atoms with Crippen molar-refractivity contribution in [2.45, 2.75) is 32.0 Å². The summed E-state index contributed by atoms with van der Waals surface area (Å²) in [7, 11) is 0. The van der Waals surface area contributed by atoms with Gasteiger partial charge in [0.15, 0.2) is 11.5 Å². The molecule has 188 valence electrons. The summed E-state index contributed by atoms with van der Waals surface area (Å²) >= 11 is 12.1. The molecule has 1 aliphatic carbocycles. The van der Waals surface area contributed by atoms with Crippen LogP contribution in [0.4, 0.5) is 23.7 Å². The van der Waals surface area contributed by atoms with Crippen LogP contribution in [0.25, 0.3) is 5.82 Å². The van der Waals surface area contributed by atoms with E-state index >= 15 is 0 Å². The summed E-state index contributed by atoms with van der Waals surface area (Å²) in [5.41, 5.74) is -1.45. The summed E-state index contributed by atoms with van der Waals surface area (Å²) < 4.78 is 40.5. The molecule has 0 radical (unpaired) electrons. The van der Waals surface area contributed by atoms with E-state index < -0.39 is 35.4 Å². The van der Waals surface area contributed by atoms with Gasteiger partial charge in [0.1, 0.15) is 5.69 Å². The van der Waals surface area contributed by atoms with E-state index in [1.54, 1.807) is 6.92 Å². The number of benzene rings is 1. The maximum absolute atomic E-state index is 13.3. The van der Waals surface area contributed by atoms with Gasteiger partial charge in [0, 0.05) is 23.3 Å². The number of pyridine rings is 1. The zero-order valence-electron chi connectivity index (χ0n) is 18.4. The van der Waals surface area contributed by atoms with Crippen LogP contribution in [0.2, 0.25) is 10.0 Å². The lowest BCUT2D eigenvalue weighted by Crippen LogP contribution is -2.36. The van der Waals surface area contributed by atoms with E-state index in [4.69, 9.17) is 23.2 Å². The van der Waals surface area contributed by atoms with E-state index in [2.05, 4.69) is 20.7 Å². The van der Waals surface area contributed by atoms with Gasteiger partial charge >= 0.3 is 12.2 Å². The van der Waals surface area contributed by atoms with Gasteiger partial charge in [-0.2, -0.15) is 18.3 Å². The van der Waals surface area contributed by atoms with E-state index in [1.807, 2.05) is 5.32 Å². The summed E-state index contributed by atoms with van der Waals surface area (Å²) in [6, 6.07) is 5.05. The van der Waals surface area contributed by atoms with Gasteiger partial charge in [0.05, 0.1) is 16.3 Å². The Kier molecular flexibility index (Phi) is 6.92. The van der Waals surface area contributed by atoms with Crippen LogP contribution in [0, 0.1) is 6.92 Å². The van der Waals surface area contributed by atoms with Crippen molar-refractivity contribution < 1.29 is 27.6 Å². The van der Waals surface area contributed by atoms with Gasteiger partial charge in [-0.25, -0.2) is 14.5 Å². The van der Waals surface area contributed by atoms with Crippen LogP contribution < -0.4 is 16.0 Å². The van der Waals surface area contributed by atoms with E-state index in [0.717, 1.165) is 12.8 Å². The van der Waals surface area contributed by atoms with E-state index in [0.29, 0.717) is 16.3 Å². The number of nitrogens with zero attached hydrogens (tertiary/aromatic N) is 3. The van der Waals surface area contributed by atoms with Crippen molar-refractivity contribution in [3.05, 3.63) is 69.1 Å². The normalized spacial score (nSPS) is 13.3. The van der Waals surface area contributed by atoms with Crippen molar-refractivity contribution in [3.8, 4) is 5.82 Å². The van der Waals surface area contributed by atoms with E-state index in [1.165, 1.54) is 30.5 Å². The van der Waals surface area contributed by atoms with Gasteiger partial charge in [-0.3, -0.25) is 14.9 Å². The van der Waals surface area contributed by atoms with Gasteiger partial charge in [-0.15, -0.1) is 0 Å². The SMILES string of the molecule is Cc1cc(Cl)cc(C(=O)NC2CC2)c1NC(=O)NC(=O)c1cc(C(F)(F)F)nn1-c1ncccc1Cl. The van der Waals surface area contributed by atoms with Crippen LogP contribution in [0.1, 0.15) is 44.9 Å². The van der Waals surface area contributed by atoms with Crippen molar-refractivity contribution in [1.29, 1.82) is 0 Å². The topological polar surface area (TPSA) is 118 Å². The standard InChI is InChI=1S/C22H17Cl2F3N6O3/c1-10-7-11(23)8-13(19(34)29-12-4-5-12)17(10)30-21(36)31-20(35)15-9-16(22(25,26)27)32-33(15)18-14(24)3-2-6-28-18/h2-3,6-9,12H,4-5H2,1H3,(H,29,34)(H2,30,31,35,36). The smallest absolute Gasteiger partial charge is 0.349 e. The third-order valence-corrected chi connectivity index (χ3v) is 5.61. The second-order valence-electron chi connectivity index (χ2n) is 7.93. The van der Waals surface area contributed by atoms with Gasteiger partial charge in [-0.05, 0) is 49.6 Å². The van der Waals surface area contributed by atoms with E-state index in [-0.39, 0.29) is 33.2 Å². The van der Waals surface area contributed by atoms with Crippen molar-refractivity contribution in [1.82, 2.24) is 25.4 Å². The molecule has 36 heavy (non-hydrogen) atoms. The lowest BCUT2D eigenvalue weighted by Gasteiger charge is -2.15. The minimum atomic E-state index is -4.88. The summed E-state index contributed by atoms with van der Waals surface area (Å²) in [6.07, 6.45) is -1.97. The van der Waals surface area contributed by atoms with Crippen molar-refractivity contribution in [2.75, 3.05) is 5.32 Å². The Morgan fingerprint density at radius 2 is 1.83 bits per heavy atom. The molecule has 0 aliphatic heterocycles. The number of hydrogen-bond donors (Lipinski definition) is 3. The molecular weight excluding hydrogens is 524 g/mol. The fraction of sp³-hybridized carbons (Fsp3) is 0.227. The number of hydrogen-bond acceptors (Lipinski definition) is 5. The van der Waals surface area contributed by atoms with Crippen LogP contribution in [0.15, 0.2) is 36.5 Å². The Labute approximate surface area is 212 Å². The van der Waals surface area contributed by atoms with Crippen molar-refractivity contribution >= 4 is 46.7 Å². The number of imide groups is 1. The number of alkyl halides is 3. The molecule has 0 bridgehead atoms. The number of aryl methyl sites for hydroxylation is 1. The summed E-state index contributed by atoms with van der Waals surface area (Å²) in [4.78, 5) is 42.0. The lowest BCUT2D eigenvalue weighted by atomic mass is 10.1. The fourth-order valence-electron chi connectivity index (χ4n) is 3.27. The summed E-state index contributed by atoms with van der Waals surface area (Å²) in [6.45, 7) is 1.59. The molecule has 9 nitrogen and oxygen atoms in total. The molecule has 3 N–H and O–H groups in total. The third kappa shape index (κ3) is 5.60. The number of carbonyl (C=O) groups excluding carboxylic acids is 3. The maximum Gasteiger partial charge on any atom is 0.435 e. The average molecular weight is 541 g/mol. The van der Waals surface area contributed by atoms with Crippen LogP contribution in [0.5, 0.6) is 0 Å². The first kappa shape index (κ1) is 25.5. The number of halogens is 5. The van der Waals surface area contributed by atoms with Crippen LogP contribution >= 0.6 is 23.2 Å². The molecule has 0 saturated heterocycles. The minimum absolute atomic E-state index is 0.0292. The highest BCUT2D eigenvalue weighted by Gasteiger charge is 2.37. The molecule has 4 amide bonds. The fourth-order valence-corrected chi connectivity index (χ4v) is 3.74. The number of aromatic nitrogens is 3. The zero-order chi connectivity index (χ0) is 26.2. The second-order valence-corrected chi connectivity index (χ2v) is 8.78. The molecule has 0 unspecified atom stereocenters. The predicted molar refractivity (Wildman–Crippen MR) is 125 cm³/mol. The highest BCUT2D eigenvalue weighted by molar-refractivity contribution is 6.32. The molecule has 4 rings (SSSR count). The second kappa shape index (κ2) is 9.78. The number of nitrogens with one attached hydrogen (secondary N) is 3. The number of rotatable bonds is 5. The van der Waals surface area contributed by atoms with Crippen molar-refractivity contribution in [3.63, 3.8) is 0 Å². The average Bonchev–Trinajstić information content (AvgIpc) is 3.48. The molecule has 0 atom stereocenters. The molecule has 1 fully saturated rings. The number of anilines is 1. The highest BCUT2D eigenvalue weighted by Crippen LogP contribution is 2.31. The van der Waals surface area contributed by atoms with Gasteiger partial charge in [0.2, 0.25) is 0 Å². The van der Waals surface area contributed by atoms with E-state index in [9.17, 15) is 27.6 Å². The monoisotopic (exact) mass is 540 g/mol. The van der Waals surface area contributed by atoms with Gasteiger partial charge < -0.3 is 10.6 Å². The highest BCUT2D eigenvalue weighted by atomic mass is 35.5. The maximum atomic E-state index is 13.3. The largest absolute Gasteiger partial charge is 0.435 e. The number of urea groups is 1. The lowest BCUT2D eigenvalue weighted by molar-refractivity contribution is -0.141. The first-order valence-electron chi connectivity index (χ1n) is 10.5. The Morgan fingerprint density at radius 3 is 2.47 bits per heavy atom. The Bertz CT molecular complexity index is 1370. The van der Waals surface area contributed by atoms with Crippen LogP contribution in [-0.2, 0) is 6.18 Å². The molecule has 3 aromatic rings. The Morgan fingerprint density at radius 1 is 1.11 bits per heavy atom. The summed E-state index contributed by atoms with van der Waals surface area (Å²) in [5, 5.41) is 10.7. The summed E-state index contributed by atoms with van der Waals surface area (Å²) in [5.74, 6) is -1.93. The predicted octanol–water partition coefficient (Wildman–Crippen LogP) is 4.76. The molecule has 2 heterocycles. The molecular formula is C22H17Cl2F3N6O3. The molecule has 14 heteroatoms. The van der Waals surface area contributed by atoms with Crippen LogP contribution in [0.3, 0.4) is 0 Å². The number of amides is 4. The number of carbonyl (C=O) groups is 3.